The molecule has 0 aromatic carbocycles. The number of unbranched alkanes of at least 4 members (excludes halogenated alkanes) is 4. The first-order chi connectivity index (χ1) is 18.5. The monoisotopic (exact) mass is 571 g/mol. The summed E-state index contributed by atoms with van der Waals surface area (Å²) in [6.07, 6.45) is 10.3. The van der Waals surface area contributed by atoms with Crippen LogP contribution >= 0.6 is 11.6 Å². The highest BCUT2D eigenvalue weighted by Gasteiger charge is 2.55. The summed E-state index contributed by atoms with van der Waals surface area (Å²) < 4.78 is 15.9. The van der Waals surface area contributed by atoms with Crippen LogP contribution in [0.15, 0.2) is 23.3 Å². The van der Waals surface area contributed by atoms with Crippen molar-refractivity contribution in [3.63, 3.8) is 0 Å². The molecule has 1 aliphatic carbocycles. The highest BCUT2D eigenvalue weighted by Crippen LogP contribution is 2.39. The first-order valence-electron chi connectivity index (χ1n) is 13.8. The number of rotatable bonds is 17. The predicted octanol–water partition coefficient (Wildman–Crippen LogP) is 4.53. The number of ketones is 1. The SMILES string of the molecule is CCCCCCC[C@@H](C/C=C/CCC(=O)NC/C(=C/Cl)[C@H]1C(=O)[C@@H](OC(C)=O)C[C@H](OC(C)=O)[C@@]1(C)O)OC. The van der Waals surface area contributed by atoms with E-state index in [1.54, 1.807) is 7.11 Å². The van der Waals surface area contributed by atoms with Gasteiger partial charge in [0, 0.05) is 45.9 Å². The fraction of sp³-hybridized carbons (Fsp3) is 0.724. The highest BCUT2D eigenvalue weighted by molar-refractivity contribution is 6.26. The molecule has 9 nitrogen and oxygen atoms in total. The number of methoxy groups -OCH3 is 1. The molecule has 0 aromatic heterocycles. The zero-order chi connectivity index (χ0) is 29.4. The third-order valence-corrected chi connectivity index (χ3v) is 7.23. The maximum atomic E-state index is 13.2. The largest absolute Gasteiger partial charge is 0.459 e. The van der Waals surface area contributed by atoms with Crippen LogP contribution in [0.5, 0.6) is 0 Å². The minimum Gasteiger partial charge on any atom is -0.459 e. The van der Waals surface area contributed by atoms with Crippen molar-refractivity contribution in [2.75, 3.05) is 13.7 Å². The van der Waals surface area contributed by atoms with E-state index in [9.17, 15) is 24.3 Å². The summed E-state index contributed by atoms with van der Waals surface area (Å²) in [5.74, 6) is -3.44. The standard InChI is InChI=1S/C29H46ClNO8/c1-6-7-8-9-11-14-23(37-5)15-12-10-13-16-26(34)31-19-22(18-30)27-28(35)24(38-20(2)32)17-25(29(27,4)36)39-21(3)33/h10,12,18,23-25,27,36H,6-9,11,13-17,19H2,1-5H3,(H,31,34)/b12-10+,22-18-/t23-,24-,25-,27-,29+/m0/s1. The Hall–Kier alpha value is -2.23. The molecule has 39 heavy (non-hydrogen) atoms. The predicted molar refractivity (Wildman–Crippen MR) is 149 cm³/mol. The summed E-state index contributed by atoms with van der Waals surface area (Å²) in [6, 6.07) is 0. The smallest absolute Gasteiger partial charge is 0.303 e. The maximum Gasteiger partial charge on any atom is 0.303 e. The molecule has 222 valence electrons. The highest BCUT2D eigenvalue weighted by atomic mass is 35.5. The molecule has 1 aliphatic rings. The number of carbonyl (C=O) groups excluding carboxylic acids is 4. The molecule has 0 bridgehead atoms. The second-order valence-corrected chi connectivity index (χ2v) is 10.5. The summed E-state index contributed by atoms with van der Waals surface area (Å²) in [5.41, 5.74) is -0.501. The van der Waals surface area contributed by atoms with Gasteiger partial charge in [-0.3, -0.25) is 19.2 Å². The van der Waals surface area contributed by atoms with Crippen molar-refractivity contribution in [3.8, 4) is 0 Å². The Balaban J connectivity index is 2.67. The molecule has 0 aliphatic heterocycles. The van der Waals surface area contributed by atoms with E-state index in [0.717, 1.165) is 31.7 Å². The van der Waals surface area contributed by atoms with Crippen LogP contribution in [-0.2, 0) is 33.4 Å². The van der Waals surface area contributed by atoms with Gasteiger partial charge in [0.1, 0.15) is 11.7 Å². The van der Waals surface area contributed by atoms with Crippen LogP contribution in [0.3, 0.4) is 0 Å². The van der Waals surface area contributed by atoms with E-state index in [4.69, 9.17) is 25.8 Å². The molecule has 0 radical (unpaired) electrons. The van der Waals surface area contributed by atoms with Crippen molar-refractivity contribution in [1.82, 2.24) is 5.32 Å². The third kappa shape index (κ3) is 12.2. The van der Waals surface area contributed by atoms with E-state index >= 15 is 0 Å². The van der Waals surface area contributed by atoms with Gasteiger partial charge < -0.3 is 24.6 Å². The van der Waals surface area contributed by atoms with Gasteiger partial charge >= 0.3 is 11.9 Å². The second-order valence-electron chi connectivity index (χ2n) is 10.3. The van der Waals surface area contributed by atoms with Crippen molar-refractivity contribution in [2.24, 2.45) is 5.92 Å². The quantitative estimate of drug-likeness (QED) is 0.148. The second kappa shape index (κ2) is 18.2. The fourth-order valence-electron chi connectivity index (χ4n) is 4.82. The summed E-state index contributed by atoms with van der Waals surface area (Å²) in [4.78, 5) is 48.8. The van der Waals surface area contributed by atoms with Crippen molar-refractivity contribution in [2.45, 2.75) is 116 Å². The maximum absolute atomic E-state index is 13.2. The van der Waals surface area contributed by atoms with Crippen LogP contribution in [0, 0.1) is 5.92 Å². The van der Waals surface area contributed by atoms with Gasteiger partial charge in [-0.15, -0.1) is 0 Å². The normalized spacial score (nSPS) is 24.4. The number of aliphatic hydroxyl groups is 1. The van der Waals surface area contributed by atoms with Crippen molar-refractivity contribution < 1.29 is 38.5 Å². The Morgan fingerprint density at radius 3 is 2.38 bits per heavy atom. The number of esters is 2. The van der Waals surface area contributed by atoms with Gasteiger partial charge in [-0.25, -0.2) is 0 Å². The average Bonchev–Trinajstić information content (AvgIpc) is 2.86. The van der Waals surface area contributed by atoms with Gasteiger partial charge in [-0.05, 0) is 31.8 Å². The fourth-order valence-corrected chi connectivity index (χ4v) is 5.02. The van der Waals surface area contributed by atoms with E-state index in [2.05, 4.69) is 12.2 Å². The molecule has 1 fully saturated rings. The molecule has 0 saturated heterocycles. The molecule has 0 spiro atoms. The van der Waals surface area contributed by atoms with Crippen molar-refractivity contribution in [1.29, 1.82) is 0 Å². The Morgan fingerprint density at radius 2 is 1.79 bits per heavy atom. The topological polar surface area (TPSA) is 128 Å². The van der Waals surface area contributed by atoms with Gasteiger partial charge in [0.25, 0.3) is 0 Å². The zero-order valence-electron chi connectivity index (χ0n) is 24.0. The Kier molecular flexibility index (Phi) is 16.2. The summed E-state index contributed by atoms with van der Waals surface area (Å²) in [6.45, 7) is 5.79. The van der Waals surface area contributed by atoms with E-state index in [0.29, 0.717) is 6.42 Å². The van der Waals surface area contributed by atoms with E-state index < -0.39 is 41.4 Å². The molecule has 1 amide bonds. The van der Waals surface area contributed by atoms with Crippen LogP contribution < -0.4 is 5.32 Å². The minimum absolute atomic E-state index is 0.109. The van der Waals surface area contributed by atoms with Gasteiger partial charge in [-0.1, -0.05) is 62.8 Å². The van der Waals surface area contributed by atoms with Crippen molar-refractivity contribution in [3.05, 3.63) is 23.3 Å². The van der Waals surface area contributed by atoms with Crippen LogP contribution in [0.25, 0.3) is 0 Å². The third-order valence-electron chi connectivity index (χ3n) is 6.95. The first kappa shape index (κ1) is 34.8. The zero-order valence-corrected chi connectivity index (χ0v) is 24.8. The number of nitrogens with one attached hydrogen (secondary N) is 1. The average molecular weight is 572 g/mol. The van der Waals surface area contributed by atoms with Crippen LogP contribution in [0.4, 0.5) is 0 Å². The van der Waals surface area contributed by atoms with Gasteiger partial charge in [0.2, 0.25) is 5.91 Å². The molecule has 1 saturated carbocycles. The molecular weight excluding hydrogens is 526 g/mol. The van der Waals surface area contributed by atoms with Gasteiger partial charge in [0.15, 0.2) is 11.9 Å². The number of Topliss-reactive ketones (excluding diaryl/α,β-unsaturated/α-hetero) is 1. The van der Waals surface area contributed by atoms with E-state index in [1.807, 2.05) is 12.2 Å². The number of hydrogen-bond donors (Lipinski definition) is 2. The summed E-state index contributed by atoms with van der Waals surface area (Å²) in [7, 11) is 1.72. The van der Waals surface area contributed by atoms with Crippen LogP contribution in [-0.4, -0.2) is 66.3 Å². The Labute approximate surface area is 237 Å². The number of carbonyl (C=O) groups is 4. The van der Waals surface area contributed by atoms with E-state index in [-0.39, 0.29) is 37.0 Å². The molecule has 0 aromatic rings. The number of ether oxygens (including phenoxy) is 3. The molecule has 1 rings (SSSR count). The van der Waals surface area contributed by atoms with Crippen molar-refractivity contribution >= 4 is 35.2 Å². The molecular formula is C29H46ClNO8. The molecule has 0 heterocycles. The number of allylic oxidation sites excluding steroid dienone is 1. The molecule has 2 N–H and O–H groups in total. The lowest BCUT2D eigenvalue weighted by atomic mass is 9.69. The Morgan fingerprint density at radius 1 is 1.13 bits per heavy atom. The number of amides is 1. The lowest BCUT2D eigenvalue weighted by molar-refractivity contribution is -0.191. The lowest BCUT2D eigenvalue weighted by Crippen LogP contribution is -2.60. The van der Waals surface area contributed by atoms with E-state index in [1.165, 1.54) is 39.5 Å². The van der Waals surface area contributed by atoms with Gasteiger partial charge in [0.05, 0.1) is 12.0 Å². The van der Waals surface area contributed by atoms with Crippen LogP contribution in [0.2, 0.25) is 0 Å². The Bertz CT molecular complexity index is 869. The summed E-state index contributed by atoms with van der Waals surface area (Å²) >= 11 is 6.02. The number of hydrogen-bond acceptors (Lipinski definition) is 8. The first-order valence-corrected chi connectivity index (χ1v) is 14.3. The minimum atomic E-state index is -1.83. The van der Waals surface area contributed by atoms with Gasteiger partial charge in [-0.2, -0.15) is 0 Å². The molecule has 5 atom stereocenters. The van der Waals surface area contributed by atoms with Crippen LogP contribution in [0.1, 0.15) is 91.9 Å². The number of halogens is 1. The lowest BCUT2D eigenvalue weighted by Gasteiger charge is -2.44. The molecule has 0 unspecified atom stereocenters. The molecule has 10 heteroatoms. The summed E-state index contributed by atoms with van der Waals surface area (Å²) in [5, 5.41) is 13.9.